The average molecular weight is 264 g/mol. The van der Waals surface area contributed by atoms with Gasteiger partial charge in [0.05, 0.1) is 6.61 Å². The van der Waals surface area contributed by atoms with Crippen LogP contribution < -0.4 is 10.1 Å². The van der Waals surface area contributed by atoms with Crippen LogP contribution in [0, 0.1) is 0 Å². The first kappa shape index (κ1) is 16.0. The van der Waals surface area contributed by atoms with Gasteiger partial charge in [0.1, 0.15) is 0 Å². The van der Waals surface area contributed by atoms with Crippen molar-refractivity contribution in [2.24, 2.45) is 0 Å². The summed E-state index contributed by atoms with van der Waals surface area (Å²) in [4.78, 5) is 4.33. The smallest absolute Gasteiger partial charge is 0.213 e. The lowest BCUT2D eigenvalue weighted by Gasteiger charge is -2.06. The second-order valence-electron chi connectivity index (χ2n) is 4.94. The Morgan fingerprint density at radius 1 is 1.05 bits per heavy atom. The number of rotatable bonds is 11. The minimum atomic E-state index is 0.745. The van der Waals surface area contributed by atoms with Crippen LogP contribution in [0.2, 0.25) is 0 Å². The van der Waals surface area contributed by atoms with Gasteiger partial charge >= 0.3 is 0 Å². The number of hydrogen-bond acceptors (Lipinski definition) is 3. The first-order valence-electron chi connectivity index (χ1n) is 7.65. The SMILES string of the molecule is CCCCCCCOc1ccc(CNCCC)cn1. The fraction of sp³-hybridized carbons (Fsp3) is 0.688. The van der Waals surface area contributed by atoms with Gasteiger partial charge in [0.25, 0.3) is 0 Å². The Balaban J connectivity index is 2.13. The Hall–Kier alpha value is -1.09. The second kappa shape index (κ2) is 10.8. The summed E-state index contributed by atoms with van der Waals surface area (Å²) in [5, 5.41) is 3.36. The van der Waals surface area contributed by atoms with E-state index in [9.17, 15) is 0 Å². The zero-order chi connectivity index (χ0) is 13.8. The summed E-state index contributed by atoms with van der Waals surface area (Å²) < 4.78 is 5.64. The van der Waals surface area contributed by atoms with Gasteiger partial charge in [-0.3, -0.25) is 0 Å². The van der Waals surface area contributed by atoms with Crippen molar-refractivity contribution >= 4 is 0 Å². The van der Waals surface area contributed by atoms with Gasteiger partial charge in [-0.2, -0.15) is 0 Å². The molecule has 0 aromatic carbocycles. The van der Waals surface area contributed by atoms with Crippen molar-refractivity contribution in [2.45, 2.75) is 58.9 Å². The molecule has 1 N–H and O–H groups in total. The van der Waals surface area contributed by atoms with Crippen molar-refractivity contribution in [3.63, 3.8) is 0 Å². The van der Waals surface area contributed by atoms with E-state index in [4.69, 9.17) is 4.74 Å². The third kappa shape index (κ3) is 7.83. The molecular weight excluding hydrogens is 236 g/mol. The Labute approximate surface area is 117 Å². The van der Waals surface area contributed by atoms with Gasteiger partial charge in [0.15, 0.2) is 0 Å². The number of ether oxygens (including phenoxy) is 1. The fourth-order valence-electron chi connectivity index (χ4n) is 1.89. The van der Waals surface area contributed by atoms with Crippen molar-refractivity contribution in [1.29, 1.82) is 0 Å². The van der Waals surface area contributed by atoms with Crippen molar-refractivity contribution < 1.29 is 4.74 Å². The molecule has 0 spiro atoms. The quantitative estimate of drug-likeness (QED) is 0.615. The number of hydrogen-bond donors (Lipinski definition) is 1. The molecule has 19 heavy (non-hydrogen) atoms. The van der Waals surface area contributed by atoms with Crippen LogP contribution in [0.25, 0.3) is 0 Å². The molecule has 3 heteroatoms. The molecule has 1 heterocycles. The van der Waals surface area contributed by atoms with Gasteiger partial charge in [-0.15, -0.1) is 0 Å². The minimum absolute atomic E-state index is 0.745. The molecule has 1 aromatic heterocycles. The molecule has 0 atom stereocenters. The number of nitrogens with one attached hydrogen (secondary N) is 1. The first-order valence-corrected chi connectivity index (χ1v) is 7.65. The zero-order valence-electron chi connectivity index (χ0n) is 12.5. The number of nitrogens with zero attached hydrogens (tertiary/aromatic N) is 1. The maximum absolute atomic E-state index is 5.64. The van der Waals surface area contributed by atoms with Gasteiger partial charge in [-0.05, 0) is 24.9 Å². The molecule has 3 nitrogen and oxygen atoms in total. The van der Waals surface area contributed by atoms with Crippen LogP contribution in [0.5, 0.6) is 5.88 Å². The minimum Gasteiger partial charge on any atom is -0.478 e. The molecule has 0 aliphatic rings. The van der Waals surface area contributed by atoms with Crippen LogP contribution in [-0.2, 0) is 6.54 Å². The molecule has 0 amide bonds. The molecule has 0 aliphatic carbocycles. The maximum Gasteiger partial charge on any atom is 0.213 e. The summed E-state index contributed by atoms with van der Waals surface area (Å²) in [5.41, 5.74) is 1.21. The van der Waals surface area contributed by atoms with Crippen LogP contribution in [-0.4, -0.2) is 18.1 Å². The monoisotopic (exact) mass is 264 g/mol. The maximum atomic E-state index is 5.64. The van der Waals surface area contributed by atoms with Gasteiger partial charge < -0.3 is 10.1 Å². The molecule has 0 radical (unpaired) electrons. The van der Waals surface area contributed by atoms with E-state index in [1.54, 1.807) is 0 Å². The molecule has 0 fully saturated rings. The lowest BCUT2D eigenvalue weighted by Crippen LogP contribution is -2.13. The number of unbranched alkanes of at least 4 members (excludes halogenated alkanes) is 4. The molecule has 0 bridgehead atoms. The highest BCUT2D eigenvalue weighted by molar-refractivity contribution is 5.17. The van der Waals surface area contributed by atoms with Crippen molar-refractivity contribution in [1.82, 2.24) is 10.3 Å². The van der Waals surface area contributed by atoms with Crippen molar-refractivity contribution in [3.05, 3.63) is 23.9 Å². The Bertz CT molecular complexity index is 311. The molecule has 1 aromatic rings. The highest BCUT2D eigenvalue weighted by atomic mass is 16.5. The van der Waals surface area contributed by atoms with Crippen LogP contribution in [0.4, 0.5) is 0 Å². The van der Waals surface area contributed by atoms with Gasteiger partial charge in [0.2, 0.25) is 5.88 Å². The van der Waals surface area contributed by atoms with Gasteiger partial charge in [0, 0.05) is 18.8 Å². The Kier molecular flexibility index (Phi) is 9.07. The lowest BCUT2D eigenvalue weighted by molar-refractivity contribution is 0.293. The van der Waals surface area contributed by atoms with Crippen LogP contribution in [0.15, 0.2) is 18.3 Å². The highest BCUT2D eigenvalue weighted by Crippen LogP contribution is 2.09. The van der Waals surface area contributed by atoms with E-state index in [2.05, 4.69) is 30.2 Å². The van der Waals surface area contributed by atoms with E-state index in [-0.39, 0.29) is 0 Å². The Morgan fingerprint density at radius 2 is 1.89 bits per heavy atom. The molecule has 0 saturated carbocycles. The molecule has 108 valence electrons. The summed E-state index contributed by atoms with van der Waals surface area (Å²) in [6.45, 7) is 7.12. The molecule has 0 saturated heterocycles. The van der Waals surface area contributed by atoms with Crippen LogP contribution >= 0.6 is 0 Å². The van der Waals surface area contributed by atoms with Crippen LogP contribution in [0.1, 0.15) is 57.9 Å². The largest absolute Gasteiger partial charge is 0.478 e. The van der Waals surface area contributed by atoms with Crippen LogP contribution in [0.3, 0.4) is 0 Å². The van der Waals surface area contributed by atoms with E-state index in [1.165, 1.54) is 31.2 Å². The van der Waals surface area contributed by atoms with E-state index >= 15 is 0 Å². The van der Waals surface area contributed by atoms with E-state index in [1.807, 2.05) is 12.3 Å². The zero-order valence-corrected chi connectivity index (χ0v) is 12.5. The summed E-state index contributed by atoms with van der Waals surface area (Å²) in [6, 6.07) is 4.05. The summed E-state index contributed by atoms with van der Waals surface area (Å²) >= 11 is 0. The summed E-state index contributed by atoms with van der Waals surface area (Å²) in [5.74, 6) is 0.745. The summed E-state index contributed by atoms with van der Waals surface area (Å²) in [6.07, 6.45) is 9.37. The molecular formula is C16H28N2O. The van der Waals surface area contributed by atoms with Gasteiger partial charge in [-0.1, -0.05) is 45.6 Å². The number of pyridine rings is 1. The Morgan fingerprint density at radius 3 is 2.58 bits per heavy atom. The third-order valence-electron chi connectivity index (χ3n) is 3.05. The van der Waals surface area contributed by atoms with Gasteiger partial charge in [-0.25, -0.2) is 4.98 Å². The highest BCUT2D eigenvalue weighted by Gasteiger charge is 1.97. The normalized spacial score (nSPS) is 10.6. The topological polar surface area (TPSA) is 34.1 Å². The van der Waals surface area contributed by atoms with E-state index in [0.717, 1.165) is 38.4 Å². The standard InChI is InChI=1S/C16H28N2O/c1-3-5-6-7-8-12-19-16-10-9-15(14-18-16)13-17-11-4-2/h9-10,14,17H,3-8,11-13H2,1-2H3. The van der Waals surface area contributed by atoms with Crippen molar-refractivity contribution in [2.75, 3.05) is 13.2 Å². The third-order valence-corrected chi connectivity index (χ3v) is 3.05. The predicted octanol–water partition coefficient (Wildman–Crippen LogP) is 3.93. The van der Waals surface area contributed by atoms with E-state index < -0.39 is 0 Å². The molecule has 0 unspecified atom stereocenters. The average Bonchev–Trinajstić information content (AvgIpc) is 2.44. The molecule has 1 rings (SSSR count). The summed E-state index contributed by atoms with van der Waals surface area (Å²) in [7, 11) is 0. The molecule has 0 aliphatic heterocycles. The van der Waals surface area contributed by atoms with Crippen molar-refractivity contribution in [3.8, 4) is 5.88 Å². The number of aromatic nitrogens is 1. The lowest BCUT2D eigenvalue weighted by atomic mass is 10.2. The predicted molar refractivity (Wildman–Crippen MR) is 80.5 cm³/mol. The van der Waals surface area contributed by atoms with E-state index in [0.29, 0.717) is 0 Å². The first-order chi connectivity index (χ1) is 9.36. The fourth-order valence-corrected chi connectivity index (χ4v) is 1.89. The second-order valence-corrected chi connectivity index (χ2v) is 4.94.